The van der Waals surface area contributed by atoms with E-state index in [0.29, 0.717) is 5.71 Å². The topological polar surface area (TPSA) is 68.1 Å². The van der Waals surface area contributed by atoms with Crippen molar-refractivity contribution in [3.05, 3.63) is 89.4 Å². The minimum Gasteiger partial charge on any atom is -0.369 e. The van der Waals surface area contributed by atoms with Crippen LogP contribution >= 0.6 is 0 Å². The summed E-state index contributed by atoms with van der Waals surface area (Å²) in [6.07, 6.45) is 9.73. The minimum atomic E-state index is 0.511. The van der Waals surface area contributed by atoms with Crippen molar-refractivity contribution >= 4 is 11.5 Å². The van der Waals surface area contributed by atoms with E-state index in [4.69, 9.17) is 5.41 Å². The predicted octanol–water partition coefficient (Wildman–Crippen LogP) is 7.38. The number of rotatable bonds is 9. The molecule has 6 nitrogen and oxygen atoms in total. The molecule has 0 aliphatic carbocycles. The molecule has 0 radical (unpaired) electrons. The third-order valence-electron chi connectivity index (χ3n) is 6.69. The molecule has 4 rings (SSSR count). The Labute approximate surface area is 243 Å². The number of nitrogens with zero attached hydrogens (tertiary/aromatic N) is 4. The highest BCUT2D eigenvalue weighted by molar-refractivity contribution is 6.11. The molecule has 2 aromatic heterocycles. The van der Waals surface area contributed by atoms with Gasteiger partial charge >= 0.3 is 0 Å². The summed E-state index contributed by atoms with van der Waals surface area (Å²) in [6.45, 7) is 19.2. The first kappa shape index (κ1) is 32.9. The fraction of sp³-hybridized carbons (Fsp3) is 0.441. The monoisotopic (exact) mass is 542 g/mol. The lowest BCUT2D eigenvalue weighted by Gasteiger charge is -2.26. The van der Waals surface area contributed by atoms with Gasteiger partial charge in [0.2, 0.25) is 0 Å². The van der Waals surface area contributed by atoms with Crippen LogP contribution in [-0.4, -0.2) is 65.8 Å². The number of anilines is 1. The van der Waals surface area contributed by atoms with Gasteiger partial charge in [-0.3, -0.25) is 9.88 Å². The first-order valence-corrected chi connectivity index (χ1v) is 14.6. The summed E-state index contributed by atoms with van der Waals surface area (Å²) in [7, 11) is 4.12. The van der Waals surface area contributed by atoms with E-state index in [1.807, 2.05) is 59.3 Å². The molecular weight excluding hydrogens is 492 g/mol. The molecule has 0 spiro atoms. The van der Waals surface area contributed by atoms with E-state index < -0.39 is 0 Å². The Kier molecular flexibility index (Phi) is 14.3. The van der Waals surface area contributed by atoms with E-state index in [9.17, 15) is 0 Å². The zero-order chi connectivity index (χ0) is 29.5. The van der Waals surface area contributed by atoms with Crippen LogP contribution in [0.5, 0.6) is 0 Å². The van der Waals surface area contributed by atoms with E-state index in [2.05, 4.69) is 76.1 Å². The van der Waals surface area contributed by atoms with Crippen LogP contribution in [0.3, 0.4) is 0 Å². The van der Waals surface area contributed by atoms with Crippen molar-refractivity contribution in [2.24, 2.45) is 0 Å². The van der Waals surface area contributed by atoms with Crippen LogP contribution in [-0.2, 0) is 6.54 Å². The van der Waals surface area contributed by atoms with E-state index in [1.54, 1.807) is 0 Å². The van der Waals surface area contributed by atoms with Gasteiger partial charge in [-0.05, 0) is 107 Å². The zero-order valence-electron chi connectivity index (χ0n) is 25.8. The number of nitrogens with one attached hydrogen (secondary N) is 2. The molecule has 1 fully saturated rings. The molecule has 0 bridgehead atoms. The SMILES string of the molecule is C=C(C)C(=N)c1cc(-c2cncc(CN3CCCCC3)c2)ccc1C.CC.Cc1ccc(NCCN(C)C)nc1. The number of pyridine rings is 2. The lowest BCUT2D eigenvalue weighted by Crippen LogP contribution is -2.29. The fourth-order valence-corrected chi connectivity index (χ4v) is 4.39. The highest BCUT2D eigenvalue weighted by Gasteiger charge is 2.12. The summed E-state index contributed by atoms with van der Waals surface area (Å²) in [4.78, 5) is 13.4. The van der Waals surface area contributed by atoms with Gasteiger partial charge in [0.15, 0.2) is 0 Å². The van der Waals surface area contributed by atoms with Gasteiger partial charge in [0.25, 0.3) is 0 Å². The van der Waals surface area contributed by atoms with Crippen molar-refractivity contribution in [1.82, 2.24) is 19.8 Å². The third-order valence-corrected chi connectivity index (χ3v) is 6.69. The molecule has 2 N–H and O–H groups in total. The van der Waals surface area contributed by atoms with Crippen LogP contribution in [0, 0.1) is 19.3 Å². The molecule has 1 aromatic carbocycles. The molecule has 1 aliphatic rings. The van der Waals surface area contributed by atoms with Crippen molar-refractivity contribution < 1.29 is 0 Å². The quantitative estimate of drug-likeness (QED) is 0.276. The van der Waals surface area contributed by atoms with Crippen LogP contribution in [0.15, 0.2) is 67.1 Å². The van der Waals surface area contributed by atoms with Gasteiger partial charge in [0.1, 0.15) is 5.82 Å². The van der Waals surface area contributed by atoms with Crippen molar-refractivity contribution in [2.75, 3.05) is 45.6 Å². The van der Waals surface area contributed by atoms with Gasteiger partial charge in [-0.2, -0.15) is 0 Å². The van der Waals surface area contributed by atoms with E-state index >= 15 is 0 Å². The fourth-order valence-electron chi connectivity index (χ4n) is 4.39. The van der Waals surface area contributed by atoms with Gasteiger partial charge in [-0.15, -0.1) is 0 Å². The van der Waals surface area contributed by atoms with E-state index in [-0.39, 0.29) is 0 Å². The number of aromatic nitrogens is 2. The Hall–Kier alpha value is -3.35. The Morgan fingerprint density at radius 2 is 1.70 bits per heavy atom. The van der Waals surface area contributed by atoms with Crippen LogP contribution in [0.4, 0.5) is 5.82 Å². The van der Waals surface area contributed by atoms with Crippen LogP contribution in [0.1, 0.15) is 62.3 Å². The van der Waals surface area contributed by atoms with Gasteiger partial charge in [0.05, 0.1) is 5.71 Å². The Bertz CT molecular complexity index is 1190. The standard InChI is InChI=1S/C22H27N3.C10H17N3.C2H6/c1-16(2)22(23)21-12-19(8-7-17(21)3)20-11-18(13-24-14-20)15-25-9-5-4-6-10-25;1-9-4-5-10(12-8-9)11-6-7-13(2)3;1-2/h7-8,11-14,23H,1,4-6,9-10,15H2,2-3H3;4-5,8H,6-7H2,1-3H3,(H,11,12);1-2H3. The largest absolute Gasteiger partial charge is 0.369 e. The molecule has 0 saturated carbocycles. The second-order valence-corrected chi connectivity index (χ2v) is 10.6. The number of allylic oxidation sites excluding steroid dienone is 1. The number of hydrogen-bond donors (Lipinski definition) is 2. The lowest BCUT2D eigenvalue weighted by molar-refractivity contribution is 0.220. The number of hydrogen-bond acceptors (Lipinski definition) is 6. The average Bonchev–Trinajstić information content (AvgIpc) is 2.96. The van der Waals surface area contributed by atoms with Gasteiger partial charge in [0, 0.05) is 49.4 Å². The van der Waals surface area contributed by atoms with Crippen LogP contribution < -0.4 is 5.32 Å². The molecule has 1 saturated heterocycles. The number of likely N-dealkylation sites (tertiary alicyclic amines) is 1. The maximum absolute atomic E-state index is 8.27. The summed E-state index contributed by atoms with van der Waals surface area (Å²) in [5.74, 6) is 0.951. The Balaban J connectivity index is 0.000000315. The predicted molar refractivity (Wildman–Crippen MR) is 173 cm³/mol. The zero-order valence-corrected chi connectivity index (χ0v) is 25.8. The first-order valence-electron chi connectivity index (χ1n) is 14.6. The third kappa shape index (κ3) is 11.0. The van der Waals surface area contributed by atoms with E-state index in [0.717, 1.165) is 53.3 Å². The van der Waals surface area contributed by atoms with Gasteiger partial charge in [-0.1, -0.05) is 45.0 Å². The molecule has 1 aliphatic heterocycles. The van der Waals surface area contributed by atoms with Crippen molar-refractivity contribution in [2.45, 2.75) is 60.4 Å². The van der Waals surface area contributed by atoms with Crippen LogP contribution in [0.2, 0.25) is 0 Å². The van der Waals surface area contributed by atoms with Crippen LogP contribution in [0.25, 0.3) is 11.1 Å². The summed E-state index contributed by atoms with van der Waals surface area (Å²) < 4.78 is 0. The van der Waals surface area contributed by atoms with Gasteiger partial charge in [-0.25, -0.2) is 4.98 Å². The number of piperidine rings is 1. The second kappa shape index (κ2) is 17.4. The minimum absolute atomic E-state index is 0.511. The Morgan fingerprint density at radius 3 is 2.33 bits per heavy atom. The molecule has 3 aromatic rings. The van der Waals surface area contributed by atoms with Crippen molar-refractivity contribution in [3.63, 3.8) is 0 Å². The van der Waals surface area contributed by atoms with Crippen molar-refractivity contribution in [1.29, 1.82) is 5.41 Å². The van der Waals surface area contributed by atoms with E-state index in [1.165, 1.54) is 43.5 Å². The molecule has 216 valence electrons. The second-order valence-electron chi connectivity index (χ2n) is 10.6. The van der Waals surface area contributed by atoms with Gasteiger partial charge < -0.3 is 15.6 Å². The van der Waals surface area contributed by atoms with Crippen molar-refractivity contribution in [3.8, 4) is 11.1 Å². The molecular formula is C34H50N6. The molecule has 40 heavy (non-hydrogen) atoms. The maximum atomic E-state index is 8.27. The molecule has 0 atom stereocenters. The summed E-state index contributed by atoms with van der Waals surface area (Å²) >= 11 is 0. The molecule has 3 heterocycles. The smallest absolute Gasteiger partial charge is 0.125 e. The number of likely N-dealkylation sites (N-methyl/N-ethyl adjacent to an activating group) is 1. The molecule has 0 unspecified atom stereocenters. The normalized spacial score (nSPS) is 13.0. The lowest BCUT2D eigenvalue weighted by atomic mass is 9.95. The Morgan fingerprint density at radius 1 is 0.975 bits per heavy atom. The first-order chi connectivity index (χ1) is 19.2. The molecule has 0 amide bonds. The average molecular weight is 543 g/mol. The summed E-state index contributed by atoms with van der Waals surface area (Å²) in [5.41, 5.74) is 8.04. The summed E-state index contributed by atoms with van der Waals surface area (Å²) in [6, 6.07) is 12.6. The highest BCUT2D eigenvalue weighted by atomic mass is 15.1. The number of aryl methyl sites for hydroxylation is 2. The molecule has 6 heteroatoms. The maximum Gasteiger partial charge on any atom is 0.125 e. The highest BCUT2D eigenvalue weighted by Crippen LogP contribution is 2.25. The number of benzene rings is 1. The summed E-state index contributed by atoms with van der Waals surface area (Å²) in [5, 5.41) is 11.5.